The molecule has 0 saturated carbocycles. The molecule has 2 atom stereocenters. The van der Waals surface area contributed by atoms with Crippen LogP contribution in [0.3, 0.4) is 0 Å². The maximum Gasteiger partial charge on any atom is 0.330 e. The van der Waals surface area contributed by atoms with Gasteiger partial charge in [-0.15, -0.1) is 0 Å². The summed E-state index contributed by atoms with van der Waals surface area (Å²) in [5, 5.41) is 1.11. The molecule has 0 saturated heterocycles. The van der Waals surface area contributed by atoms with Gasteiger partial charge in [0, 0.05) is 29.6 Å². The van der Waals surface area contributed by atoms with Crippen molar-refractivity contribution < 1.29 is 13.9 Å². The Hall–Kier alpha value is -2.92. The number of H-pyrrole nitrogens is 1. The Labute approximate surface area is 156 Å². The van der Waals surface area contributed by atoms with Gasteiger partial charge >= 0.3 is 5.97 Å². The number of nitrogens with one attached hydrogen (secondary N) is 1. The van der Waals surface area contributed by atoms with Crippen molar-refractivity contribution in [2.24, 2.45) is 0 Å². The normalized spacial score (nSPS) is 24.0. The Bertz CT molecular complexity index is 1070. The minimum atomic E-state index is -0.842. The van der Waals surface area contributed by atoms with Crippen LogP contribution < -0.4 is 0 Å². The Morgan fingerprint density at radius 2 is 2.00 bits per heavy atom. The fourth-order valence-electron chi connectivity index (χ4n) is 4.61. The number of fused-ring (bicyclic) bond motifs is 4. The third kappa shape index (κ3) is 2.21. The van der Waals surface area contributed by atoms with Crippen molar-refractivity contribution in [2.75, 3.05) is 13.7 Å². The second-order valence-electron chi connectivity index (χ2n) is 7.16. The molecule has 4 nitrogen and oxygen atoms in total. The number of para-hydroxylation sites is 1. The number of carbonyl (C=O) groups is 1. The number of hydrogen-bond donors (Lipinski definition) is 1. The molecule has 0 unspecified atom stereocenters. The van der Waals surface area contributed by atoms with Crippen LogP contribution in [0.4, 0.5) is 4.39 Å². The van der Waals surface area contributed by atoms with Crippen LogP contribution in [0.15, 0.2) is 60.7 Å². The first-order valence-corrected chi connectivity index (χ1v) is 9.02. The van der Waals surface area contributed by atoms with E-state index in [4.69, 9.17) is 4.74 Å². The zero-order valence-electron chi connectivity index (χ0n) is 14.9. The molecule has 5 heteroatoms. The molecule has 0 aliphatic carbocycles. The summed E-state index contributed by atoms with van der Waals surface area (Å²) in [6.07, 6.45) is 4.52. The standard InChI is InChI=1S/C22H19FN2O2/c1-27-21(26)22-11-4-12-25(22)20(14-7-9-15(23)10-8-14)19-17(13-22)16-5-2-3-6-18(16)24-19/h2-11,20,24H,12-13H2,1H3/t20-,22+/m0/s1. The van der Waals surface area contributed by atoms with Crippen molar-refractivity contribution >= 4 is 16.9 Å². The molecule has 1 aromatic heterocycles. The first-order chi connectivity index (χ1) is 13.1. The molecule has 0 spiro atoms. The summed E-state index contributed by atoms with van der Waals surface area (Å²) < 4.78 is 18.7. The van der Waals surface area contributed by atoms with Gasteiger partial charge in [-0.3, -0.25) is 4.90 Å². The van der Waals surface area contributed by atoms with E-state index in [0.717, 1.165) is 27.7 Å². The first-order valence-electron chi connectivity index (χ1n) is 9.02. The van der Waals surface area contributed by atoms with E-state index >= 15 is 0 Å². The summed E-state index contributed by atoms with van der Waals surface area (Å²) in [6, 6.07) is 14.5. The number of aromatic amines is 1. The number of carbonyl (C=O) groups excluding carboxylic acids is 1. The minimum absolute atomic E-state index is 0.184. The maximum atomic E-state index is 13.5. The molecular formula is C22H19FN2O2. The number of methoxy groups -OCH3 is 1. The molecule has 5 rings (SSSR count). The Morgan fingerprint density at radius 3 is 2.78 bits per heavy atom. The number of benzene rings is 2. The van der Waals surface area contributed by atoms with Crippen LogP contribution in [0.2, 0.25) is 0 Å². The number of nitrogens with zero attached hydrogens (tertiary/aromatic N) is 1. The lowest BCUT2D eigenvalue weighted by Gasteiger charge is -2.44. The van der Waals surface area contributed by atoms with Gasteiger partial charge in [0.25, 0.3) is 0 Å². The minimum Gasteiger partial charge on any atom is -0.467 e. The second kappa shape index (κ2) is 5.79. The zero-order valence-corrected chi connectivity index (χ0v) is 14.9. The molecule has 0 fully saturated rings. The summed E-state index contributed by atoms with van der Waals surface area (Å²) in [6.45, 7) is 0.631. The number of aromatic nitrogens is 1. The monoisotopic (exact) mass is 362 g/mol. The highest BCUT2D eigenvalue weighted by Gasteiger charge is 2.53. The van der Waals surface area contributed by atoms with Gasteiger partial charge in [0.05, 0.1) is 13.2 Å². The molecule has 27 heavy (non-hydrogen) atoms. The summed E-state index contributed by atoms with van der Waals surface area (Å²) in [5.41, 5.74) is 3.33. The first kappa shape index (κ1) is 16.3. The quantitative estimate of drug-likeness (QED) is 0.558. The van der Waals surface area contributed by atoms with Crippen LogP contribution in [0.5, 0.6) is 0 Å². The third-order valence-corrected chi connectivity index (χ3v) is 5.81. The van der Waals surface area contributed by atoms with Gasteiger partial charge in [-0.05, 0) is 29.3 Å². The summed E-state index contributed by atoms with van der Waals surface area (Å²) in [4.78, 5) is 18.6. The maximum absolute atomic E-state index is 13.5. The topological polar surface area (TPSA) is 45.3 Å². The zero-order chi connectivity index (χ0) is 18.6. The number of halogens is 1. The summed E-state index contributed by atoms with van der Waals surface area (Å²) in [5.74, 6) is -0.537. The van der Waals surface area contributed by atoms with Crippen LogP contribution in [-0.2, 0) is 16.0 Å². The van der Waals surface area contributed by atoms with E-state index in [0.29, 0.717) is 13.0 Å². The van der Waals surface area contributed by atoms with Crippen molar-refractivity contribution in [1.82, 2.24) is 9.88 Å². The van der Waals surface area contributed by atoms with Gasteiger partial charge in [0.2, 0.25) is 0 Å². The molecular weight excluding hydrogens is 343 g/mol. The Balaban J connectivity index is 1.78. The molecule has 2 aromatic carbocycles. The fourth-order valence-corrected chi connectivity index (χ4v) is 4.61. The van der Waals surface area contributed by atoms with E-state index in [1.807, 2.05) is 30.4 Å². The molecule has 1 N–H and O–H groups in total. The molecule has 0 bridgehead atoms. The third-order valence-electron chi connectivity index (χ3n) is 5.81. The van der Waals surface area contributed by atoms with Crippen molar-refractivity contribution in [3.8, 4) is 0 Å². The van der Waals surface area contributed by atoms with Crippen LogP contribution >= 0.6 is 0 Å². The smallest absolute Gasteiger partial charge is 0.330 e. The predicted molar refractivity (Wildman–Crippen MR) is 101 cm³/mol. The highest BCUT2D eigenvalue weighted by molar-refractivity contribution is 5.90. The van der Waals surface area contributed by atoms with E-state index in [2.05, 4.69) is 16.0 Å². The second-order valence-corrected chi connectivity index (χ2v) is 7.16. The van der Waals surface area contributed by atoms with Crippen LogP contribution in [-0.4, -0.2) is 35.0 Å². The van der Waals surface area contributed by atoms with Crippen molar-refractivity contribution in [3.05, 3.63) is 83.3 Å². The van der Waals surface area contributed by atoms with Gasteiger partial charge in [0.1, 0.15) is 11.4 Å². The highest BCUT2D eigenvalue weighted by Crippen LogP contribution is 2.47. The molecule has 0 radical (unpaired) electrons. The summed E-state index contributed by atoms with van der Waals surface area (Å²) in [7, 11) is 1.43. The van der Waals surface area contributed by atoms with Gasteiger partial charge < -0.3 is 9.72 Å². The van der Waals surface area contributed by atoms with Crippen molar-refractivity contribution in [1.29, 1.82) is 0 Å². The Kier molecular flexibility index (Phi) is 3.49. The van der Waals surface area contributed by atoms with E-state index in [-0.39, 0.29) is 17.8 Å². The highest BCUT2D eigenvalue weighted by atomic mass is 19.1. The predicted octanol–water partition coefficient (Wildman–Crippen LogP) is 3.74. The lowest BCUT2D eigenvalue weighted by molar-refractivity contribution is -0.152. The van der Waals surface area contributed by atoms with Gasteiger partial charge in [-0.1, -0.05) is 42.5 Å². The number of ether oxygens (including phenoxy) is 1. The lowest BCUT2D eigenvalue weighted by atomic mass is 9.80. The molecule has 2 aliphatic heterocycles. The molecule has 2 aliphatic rings. The molecule has 0 amide bonds. The van der Waals surface area contributed by atoms with Gasteiger partial charge in [-0.2, -0.15) is 0 Å². The average molecular weight is 362 g/mol. The van der Waals surface area contributed by atoms with Crippen LogP contribution in [0.1, 0.15) is 22.9 Å². The largest absolute Gasteiger partial charge is 0.467 e. The lowest BCUT2D eigenvalue weighted by Crippen LogP contribution is -2.56. The van der Waals surface area contributed by atoms with E-state index in [1.165, 1.54) is 19.2 Å². The molecule has 3 aromatic rings. The van der Waals surface area contributed by atoms with Crippen LogP contribution in [0.25, 0.3) is 10.9 Å². The average Bonchev–Trinajstić information content (AvgIpc) is 3.28. The number of esters is 1. The number of rotatable bonds is 2. The van der Waals surface area contributed by atoms with Crippen molar-refractivity contribution in [3.63, 3.8) is 0 Å². The fraction of sp³-hybridized carbons (Fsp3) is 0.227. The van der Waals surface area contributed by atoms with Gasteiger partial charge in [-0.25, -0.2) is 9.18 Å². The van der Waals surface area contributed by atoms with E-state index in [9.17, 15) is 9.18 Å². The molecule has 136 valence electrons. The molecule has 3 heterocycles. The van der Waals surface area contributed by atoms with Crippen LogP contribution in [0, 0.1) is 5.82 Å². The van der Waals surface area contributed by atoms with Gasteiger partial charge in [0.15, 0.2) is 0 Å². The van der Waals surface area contributed by atoms with E-state index in [1.54, 1.807) is 12.1 Å². The summed E-state index contributed by atoms with van der Waals surface area (Å²) >= 11 is 0. The Morgan fingerprint density at radius 1 is 1.22 bits per heavy atom. The SMILES string of the molecule is COC(=O)[C@]12C=CCN1[C@@H](c1ccc(F)cc1)c1[nH]c3ccccc3c1C2. The number of hydrogen-bond acceptors (Lipinski definition) is 3. The van der Waals surface area contributed by atoms with E-state index < -0.39 is 5.54 Å². The van der Waals surface area contributed by atoms with Crippen molar-refractivity contribution in [2.45, 2.75) is 18.0 Å².